The van der Waals surface area contributed by atoms with Crippen LogP contribution >= 0.6 is 11.8 Å². The topological polar surface area (TPSA) is 49.2 Å². The van der Waals surface area contributed by atoms with Crippen molar-refractivity contribution >= 4 is 11.8 Å². The Morgan fingerprint density at radius 2 is 1.77 bits per heavy atom. The van der Waals surface area contributed by atoms with E-state index in [0.29, 0.717) is 0 Å². The second-order valence-corrected chi connectivity index (χ2v) is 6.73. The lowest BCUT2D eigenvalue weighted by Crippen LogP contribution is -2.01. The Bertz CT molecular complexity index is 904. The summed E-state index contributed by atoms with van der Waals surface area (Å²) in [5.74, 6) is 3.07. The van der Waals surface area contributed by atoms with Crippen LogP contribution < -0.4 is 9.47 Å². The van der Waals surface area contributed by atoms with E-state index in [4.69, 9.17) is 9.47 Å². The molecule has 0 aliphatic heterocycles. The molecule has 1 heterocycles. The number of nitrogens with zero attached hydrogens (tertiary/aromatic N) is 3. The van der Waals surface area contributed by atoms with Crippen molar-refractivity contribution in [2.24, 2.45) is 0 Å². The van der Waals surface area contributed by atoms with Crippen LogP contribution in [0.2, 0.25) is 0 Å². The summed E-state index contributed by atoms with van der Waals surface area (Å²) in [4.78, 5) is 0. The Morgan fingerprint density at radius 3 is 2.42 bits per heavy atom. The highest BCUT2D eigenvalue weighted by Crippen LogP contribution is 2.33. The van der Waals surface area contributed by atoms with Gasteiger partial charge in [0.05, 0.1) is 25.5 Å². The minimum Gasteiger partial charge on any atom is -0.497 e. The van der Waals surface area contributed by atoms with Crippen LogP contribution in [0.4, 0.5) is 0 Å². The summed E-state index contributed by atoms with van der Waals surface area (Å²) in [5, 5.41) is 9.65. The molecule has 0 radical (unpaired) electrons. The summed E-state index contributed by atoms with van der Waals surface area (Å²) < 4.78 is 12.8. The Labute approximate surface area is 157 Å². The van der Waals surface area contributed by atoms with E-state index in [1.807, 2.05) is 60.0 Å². The van der Waals surface area contributed by atoms with Crippen molar-refractivity contribution in [2.45, 2.75) is 12.1 Å². The molecule has 6 heteroatoms. The van der Waals surface area contributed by atoms with Gasteiger partial charge in [0.25, 0.3) is 0 Å². The van der Waals surface area contributed by atoms with Crippen LogP contribution in [-0.2, 0) is 0 Å². The number of ether oxygens (including phenoxy) is 2. The average molecular weight is 367 g/mol. The number of hydrogen-bond donors (Lipinski definition) is 0. The lowest BCUT2D eigenvalue weighted by Gasteiger charge is -2.13. The van der Waals surface area contributed by atoms with Gasteiger partial charge in [0.1, 0.15) is 11.5 Å². The minimum atomic E-state index is 0.733. The normalized spacial score (nSPS) is 10.6. The molecule has 0 aliphatic carbocycles. The van der Waals surface area contributed by atoms with Gasteiger partial charge in [-0.1, -0.05) is 36.0 Å². The van der Waals surface area contributed by atoms with E-state index < -0.39 is 0 Å². The van der Waals surface area contributed by atoms with Gasteiger partial charge in [-0.3, -0.25) is 4.57 Å². The molecule has 0 aliphatic rings. The highest BCUT2D eigenvalue weighted by Gasteiger charge is 2.18. The van der Waals surface area contributed by atoms with Gasteiger partial charge in [-0.25, -0.2) is 0 Å². The standard InChI is InChI=1S/C20H21N3O2S/c1-14(2)13-26-20-22-21-19(17-7-5-6-8-18(17)25-4)23(20)15-9-11-16(24-3)12-10-15/h5-12H,1,13H2,2-4H3. The van der Waals surface area contributed by atoms with Gasteiger partial charge in [-0.05, 0) is 43.3 Å². The van der Waals surface area contributed by atoms with Crippen molar-refractivity contribution in [1.82, 2.24) is 14.8 Å². The first-order chi connectivity index (χ1) is 12.6. The van der Waals surface area contributed by atoms with E-state index in [2.05, 4.69) is 16.8 Å². The molecule has 2 aromatic carbocycles. The number of benzene rings is 2. The monoisotopic (exact) mass is 367 g/mol. The van der Waals surface area contributed by atoms with E-state index in [1.165, 1.54) is 0 Å². The molecule has 5 nitrogen and oxygen atoms in total. The summed E-state index contributed by atoms with van der Waals surface area (Å²) in [6.45, 7) is 5.98. The minimum absolute atomic E-state index is 0.733. The zero-order valence-corrected chi connectivity index (χ0v) is 15.9. The highest BCUT2D eigenvalue weighted by molar-refractivity contribution is 7.99. The van der Waals surface area contributed by atoms with E-state index >= 15 is 0 Å². The maximum absolute atomic E-state index is 5.51. The Kier molecular flexibility index (Phi) is 5.63. The third kappa shape index (κ3) is 3.75. The predicted octanol–water partition coefficient (Wildman–Crippen LogP) is 4.62. The smallest absolute Gasteiger partial charge is 0.196 e. The quantitative estimate of drug-likeness (QED) is 0.450. The Balaban J connectivity index is 2.13. The highest BCUT2D eigenvalue weighted by atomic mass is 32.2. The van der Waals surface area contributed by atoms with Gasteiger partial charge < -0.3 is 9.47 Å². The zero-order valence-electron chi connectivity index (χ0n) is 15.1. The van der Waals surface area contributed by atoms with Crippen LogP contribution in [0.25, 0.3) is 17.1 Å². The number of aromatic nitrogens is 3. The first kappa shape index (κ1) is 18.1. The lowest BCUT2D eigenvalue weighted by atomic mass is 10.2. The third-order valence-corrected chi connectivity index (χ3v) is 4.92. The number of hydrogen-bond acceptors (Lipinski definition) is 5. The molecule has 0 N–H and O–H groups in total. The first-order valence-electron chi connectivity index (χ1n) is 8.14. The lowest BCUT2D eigenvalue weighted by molar-refractivity contribution is 0.414. The second kappa shape index (κ2) is 8.10. The van der Waals surface area contributed by atoms with Crippen molar-refractivity contribution in [3.63, 3.8) is 0 Å². The van der Waals surface area contributed by atoms with Crippen LogP contribution in [0.1, 0.15) is 6.92 Å². The molecule has 3 rings (SSSR count). The van der Waals surface area contributed by atoms with Crippen molar-refractivity contribution in [3.05, 3.63) is 60.7 Å². The molecular formula is C20H21N3O2S. The van der Waals surface area contributed by atoms with Crippen molar-refractivity contribution in [1.29, 1.82) is 0 Å². The fraction of sp³-hybridized carbons (Fsp3) is 0.200. The Hall–Kier alpha value is -2.73. The molecule has 0 spiro atoms. The molecule has 3 aromatic rings. The number of rotatable bonds is 7. The van der Waals surface area contributed by atoms with E-state index in [-0.39, 0.29) is 0 Å². The molecule has 0 amide bonds. The van der Waals surface area contributed by atoms with Crippen LogP contribution in [0.15, 0.2) is 65.8 Å². The van der Waals surface area contributed by atoms with Gasteiger partial charge in [0.15, 0.2) is 11.0 Å². The van der Waals surface area contributed by atoms with E-state index in [1.54, 1.807) is 26.0 Å². The Morgan fingerprint density at radius 1 is 1.04 bits per heavy atom. The van der Waals surface area contributed by atoms with Gasteiger partial charge >= 0.3 is 0 Å². The molecule has 0 saturated carbocycles. The van der Waals surface area contributed by atoms with Crippen LogP contribution in [0.3, 0.4) is 0 Å². The molecule has 26 heavy (non-hydrogen) atoms. The second-order valence-electron chi connectivity index (χ2n) is 5.79. The fourth-order valence-electron chi connectivity index (χ4n) is 2.52. The SMILES string of the molecule is C=C(C)CSc1nnc(-c2ccccc2OC)n1-c1ccc(OC)cc1. The molecule has 0 fully saturated rings. The van der Waals surface area contributed by atoms with E-state index in [9.17, 15) is 0 Å². The molecule has 0 bridgehead atoms. The molecule has 134 valence electrons. The molecule has 0 atom stereocenters. The van der Waals surface area contributed by atoms with Gasteiger partial charge in [-0.15, -0.1) is 10.2 Å². The van der Waals surface area contributed by atoms with Crippen LogP contribution in [0.5, 0.6) is 11.5 Å². The summed E-state index contributed by atoms with van der Waals surface area (Å²) in [7, 11) is 3.31. The van der Waals surface area contributed by atoms with Crippen molar-refractivity contribution < 1.29 is 9.47 Å². The summed E-state index contributed by atoms with van der Waals surface area (Å²) in [6, 6.07) is 15.6. The van der Waals surface area contributed by atoms with Crippen molar-refractivity contribution in [2.75, 3.05) is 20.0 Å². The third-order valence-electron chi connectivity index (χ3n) is 3.76. The zero-order chi connectivity index (χ0) is 18.5. The predicted molar refractivity (Wildman–Crippen MR) is 105 cm³/mol. The average Bonchev–Trinajstić information content (AvgIpc) is 3.10. The van der Waals surface area contributed by atoms with Crippen LogP contribution in [0, 0.1) is 0 Å². The molecule has 0 unspecified atom stereocenters. The largest absolute Gasteiger partial charge is 0.497 e. The molecule has 0 saturated heterocycles. The molecule has 1 aromatic heterocycles. The molecular weight excluding hydrogens is 346 g/mol. The van der Waals surface area contributed by atoms with E-state index in [0.717, 1.165) is 45.1 Å². The van der Waals surface area contributed by atoms with Crippen LogP contribution in [-0.4, -0.2) is 34.7 Å². The number of methoxy groups -OCH3 is 2. The van der Waals surface area contributed by atoms with Gasteiger partial charge in [-0.2, -0.15) is 0 Å². The summed E-state index contributed by atoms with van der Waals surface area (Å²) in [6.07, 6.45) is 0. The summed E-state index contributed by atoms with van der Waals surface area (Å²) >= 11 is 1.61. The maximum Gasteiger partial charge on any atom is 0.196 e. The van der Waals surface area contributed by atoms with Gasteiger partial charge in [0.2, 0.25) is 0 Å². The number of para-hydroxylation sites is 1. The maximum atomic E-state index is 5.51. The fourth-order valence-corrected chi connectivity index (χ4v) is 3.31. The van der Waals surface area contributed by atoms with Crippen molar-refractivity contribution in [3.8, 4) is 28.6 Å². The number of thioether (sulfide) groups is 1. The first-order valence-corrected chi connectivity index (χ1v) is 9.13. The summed E-state index contributed by atoms with van der Waals surface area (Å²) in [5.41, 5.74) is 2.93. The van der Waals surface area contributed by atoms with Gasteiger partial charge in [0, 0.05) is 5.75 Å².